The Balaban J connectivity index is 1.81. The van der Waals surface area contributed by atoms with Crippen LogP contribution in [0.25, 0.3) is 5.69 Å². The molecule has 0 unspecified atom stereocenters. The number of carbonyl (C=O) groups is 1. The molecule has 4 aromatic rings. The van der Waals surface area contributed by atoms with Gasteiger partial charge in [-0.15, -0.1) is 0 Å². The average molecular weight is 572 g/mol. The number of nitrogens with zero attached hydrogens (tertiary/aromatic N) is 3. The molecule has 0 spiro atoms. The molecule has 210 valence electrons. The van der Waals surface area contributed by atoms with E-state index >= 15 is 0 Å². The number of non-ortho nitro benzene ring substituents is 1. The van der Waals surface area contributed by atoms with E-state index in [2.05, 4.69) is 15.1 Å². The number of hydrogen-bond acceptors (Lipinski definition) is 8. The molecule has 0 saturated carbocycles. The predicted octanol–water partition coefficient (Wildman–Crippen LogP) is 4.62. The molecule has 12 nitrogen and oxygen atoms in total. The number of nitrogens with one attached hydrogen (secondary N) is 2. The fourth-order valence-electron chi connectivity index (χ4n) is 3.68. The highest BCUT2D eigenvalue weighted by Crippen LogP contribution is 2.36. The van der Waals surface area contributed by atoms with Gasteiger partial charge >= 0.3 is 0 Å². The zero-order chi connectivity index (χ0) is 29.0. The van der Waals surface area contributed by atoms with Gasteiger partial charge in [0.05, 0.1) is 23.4 Å². The molecule has 40 heavy (non-hydrogen) atoms. The number of sulfonamides is 1. The summed E-state index contributed by atoms with van der Waals surface area (Å²) in [4.78, 5) is 23.2. The maximum atomic E-state index is 14.1. The van der Waals surface area contributed by atoms with Gasteiger partial charge in [-0.2, -0.15) is 9.78 Å². The number of nitro benzene ring substituents is 1. The number of aromatic nitrogens is 2. The second kappa shape index (κ2) is 11.7. The van der Waals surface area contributed by atoms with Gasteiger partial charge < -0.3 is 14.5 Å². The third-order valence-electron chi connectivity index (χ3n) is 5.94. The number of nitro groups is 1. The number of rotatable bonds is 11. The molecule has 4 rings (SSSR count). The molecule has 0 radical (unpaired) electrons. The van der Waals surface area contributed by atoms with Crippen LogP contribution in [0.1, 0.15) is 42.1 Å². The summed E-state index contributed by atoms with van der Waals surface area (Å²) in [6, 6.07) is 11.3. The van der Waals surface area contributed by atoms with Gasteiger partial charge in [-0.1, -0.05) is 13.0 Å². The number of ether oxygens (including phenoxy) is 1. The number of furan rings is 1. The van der Waals surface area contributed by atoms with Crippen molar-refractivity contribution in [1.29, 1.82) is 0 Å². The van der Waals surface area contributed by atoms with E-state index in [9.17, 15) is 27.7 Å². The Morgan fingerprint density at radius 2 is 2.00 bits per heavy atom. The molecule has 1 atom stereocenters. The van der Waals surface area contributed by atoms with Gasteiger partial charge in [0, 0.05) is 23.7 Å². The molecule has 0 fully saturated rings. The van der Waals surface area contributed by atoms with Crippen molar-refractivity contribution in [3.8, 4) is 17.3 Å². The number of hydrogen-bond donors (Lipinski definition) is 2. The van der Waals surface area contributed by atoms with Crippen LogP contribution < -0.4 is 14.8 Å². The predicted molar refractivity (Wildman–Crippen MR) is 141 cm³/mol. The van der Waals surface area contributed by atoms with Gasteiger partial charge in [-0.05, 0) is 56.7 Å². The van der Waals surface area contributed by atoms with Crippen molar-refractivity contribution in [2.45, 2.75) is 44.7 Å². The summed E-state index contributed by atoms with van der Waals surface area (Å²) in [6.45, 7) is 5.01. The zero-order valence-corrected chi connectivity index (χ0v) is 22.6. The number of carbonyl (C=O) groups excluding carboxylic acids is 1. The fourth-order valence-corrected chi connectivity index (χ4v) is 5.16. The van der Waals surface area contributed by atoms with Crippen molar-refractivity contribution in [3.05, 3.63) is 93.8 Å². The Hall–Kier alpha value is -4.56. The highest BCUT2D eigenvalue weighted by molar-refractivity contribution is 7.89. The first-order valence-electron chi connectivity index (χ1n) is 12.1. The van der Waals surface area contributed by atoms with Crippen LogP contribution in [-0.2, 0) is 16.6 Å². The van der Waals surface area contributed by atoms with Gasteiger partial charge in [0.25, 0.3) is 11.6 Å². The topological polar surface area (TPSA) is 159 Å². The van der Waals surface area contributed by atoms with Gasteiger partial charge in [-0.3, -0.25) is 14.9 Å². The normalized spacial score (nSPS) is 12.2. The lowest BCUT2D eigenvalue weighted by Gasteiger charge is -2.16. The second-order valence-electron chi connectivity index (χ2n) is 8.85. The van der Waals surface area contributed by atoms with Crippen LogP contribution in [0.3, 0.4) is 0 Å². The van der Waals surface area contributed by atoms with Crippen molar-refractivity contribution >= 4 is 21.6 Å². The minimum Gasteiger partial charge on any atom is -0.467 e. The van der Waals surface area contributed by atoms with Crippen molar-refractivity contribution in [1.82, 2.24) is 19.8 Å². The molecule has 2 aromatic heterocycles. The van der Waals surface area contributed by atoms with E-state index < -0.39 is 43.3 Å². The highest BCUT2D eigenvalue weighted by Gasteiger charge is 2.28. The van der Waals surface area contributed by atoms with E-state index in [0.717, 1.165) is 28.9 Å². The van der Waals surface area contributed by atoms with Crippen molar-refractivity contribution in [2.75, 3.05) is 0 Å². The highest BCUT2D eigenvalue weighted by atomic mass is 32.2. The molecule has 0 aliphatic rings. The van der Waals surface area contributed by atoms with Gasteiger partial charge in [0.2, 0.25) is 15.9 Å². The lowest BCUT2D eigenvalue weighted by Crippen LogP contribution is -2.32. The largest absolute Gasteiger partial charge is 0.467 e. The number of amides is 1. The van der Waals surface area contributed by atoms with Crippen molar-refractivity contribution < 1.29 is 31.7 Å². The van der Waals surface area contributed by atoms with E-state index in [1.807, 2.05) is 0 Å². The minimum absolute atomic E-state index is 0.0698. The fraction of sp³-hybridized carbons (Fsp3) is 0.231. The van der Waals surface area contributed by atoms with E-state index in [-0.39, 0.29) is 35.1 Å². The maximum Gasteiger partial charge on any atom is 0.272 e. The summed E-state index contributed by atoms with van der Waals surface area (Å²) in [5.74, 6) is -1.03. The molecule has 0 saturated heterocycles. The number of halogens is 1. The first-order valence-corrected chi connectivity index (χ1v) is 13.6. The van der Waals surface area contributed by atoms with E-state index in [4.69, 9.17) is 9.15 Å². The molecule has 2 aromatic carbocycles. The van der Waals surface area contributed by atoms with Gasteiger partial charge in [-0.25, -0.2) is 17.5 Å². The van der Waals surface area contributed by atoms with Gasteiger partial charge in [0.15, 0.2) is 5.69 Å². The summed E-state index contributed by atoms with van der Waals surface area (Å²) in [7, 11) is -4.28. The SMILES string of the molecule is CC[C@@H](C)NS(=O)(=O)c1cc([N+](=O)[O-])ccc1Oc1c(C)c(C(=O)NCc2ccco2)nn1-c1cccc(F)c1. The van der Waals surface area contributed by atoms with Crippen molar-refractivity contribution in [3.63, 3.8) is 0 Å². The molecule has 14 heteroatoms. The monoisotopic (exact) mass is 571 g/mol. The van der Waals surface area contributed by atoms with E-state index in [1.165, 1.54) is 31.4 Å². The lowest BCUT2D eigenvalue weighted by atomic mass is 10.2. The molecule has 0 bridgehead atoms. The standard InChI is InChI=1S/C26H26FN5O7S/c1-4-16(2)30-40(36,37)23-14-20(32(34)35)10-11-22(23)39-26-17(3)24(25(33)28-15-21-9-6-12-38-21)29-31(26)19-8-5-7-18(27)13-19/h5-14,16,30H,4,15H2,1-3H3,(H,28,33)/t16-/m1/s1. The number of benzene rings is 2. The first-order chi connectivity index (χ1) is 19.0. The van der Waals surface area contributed by atoms with E-state index in [1.54, 1.807) is 26.0 Å². The summed E-state index contributed by atoms with van der Waals surface area (Å²) < 4.78 is 55.4. The molecule has 0 aliphatic carbocycles. The Kier molecular flexibility index (Phi) is 8.30. The third kappa shape index (κ3) is 6.18. The smallest absolute Gasteiger partial charge is 0.272 e. The van der Waals surface area contributed by atoms with E-state index in [0.29, 0.717) is 12.2 Å². The lowest BCUT2D eigenvalue weighted by molar-refractivity contribution is -0.385. The first kappa shape index (κ1) is 28.4. The zero-order valence-electron chi connectivity index (χ0n) is 21.8. The van der Waals surface area contributed by atoms with Crippen LogP contribution in [0.5, 0.6) is 11.6 Å². The molecular weight excluding hydrogens is 545 g/mol. The Bertz CT molecular complexity index is 1650. The van der Waals surface area contributed by atoms with Gasteiger partial charge in [0.1, 0.15) is 22.2 Å². The van der Waals surface area contributed by atoms with Crippen LogP contribution in [0, 0.1) is 22.9 Å². The molecule has 1 amide bonds. The quantitative estimate of drug-likeness (QED) is 0.195. The van der Waals surface area contributed by atoms with Crippen LogP contribution in [-0.4, -0.2) is 35.1 Å². The molecule has 0 aliphatic heterocycles. The Labute approximate surface area is 229 Å². The molecule has 2 heterocycles. The summed E-state index contributed by atoms with van der Waals surface area (Å²) in [6.07, 6.45) is 1.93. The minimum atomic E-state index is -4.28. The average Bonchev–Trinajstić information content (AvgIpc) is 3.55. The Morgan fingerprint density at radius 1 is 1.23 bits per heavy atom. The van der Waals surface area contributed by atoms with Crippen molar-refractivity contribution in [2.24, 2.45) is 0 Å². The third-order valence-corrected chi connectivity index (χ3v) is 7.55. The second-order valence-corrected chi connectivity index (χ2v) is 10.5. The summed E-state index contributed by atoms with van der Waals surface area (Å²) in [5, 5.41) is 18.4. The van der Waals surface area contributed by atoms with Crippen LogP contribution >= 0.6 is 0 Å². The Morgan fingerprint density at radius 3 is 2.65 bits per heavy atom. The van der Waals surface area contributed by atoms with Crippen LogP contribution in [0.4, 0.5) is 10.1 Å². The maximum absolute atomic E-state index is 14.1. The molecular formula is C26H26FN5O7S. The van der Waals surface area contributed by atoms with Crippen LogP contribution in [0.15, 0.2) is 70.2 Å². The summed E-state index contributed by atoms with van der Waals surface area (Å²) in [5.41, 5.74) is -0.148. The van der Waals surface area contributed by atoms with Crippen LogP contribution in [0.2, 0.25) is 0 Å². The molecule has 2 N–H and O–H groups in total. The summed E-state index contributed by atoms with van der Waals surface area (Å²) >= 11 is 0.